The average Bonchev–Trinajstić information content (AvgIpc) is 3.96. The fourth-order valence-electron chi connectivity index (χ4n) is 11.8. The van der Waals surface area contributed by atoms with Crippen LogP contribution in [0.3, 0.4) is 0 Å². The first-order chi connectivity index (χ1) is 29.6. The molecule has 0 amide bonds. The van der Waals surface area contributed by atoms with E-state index in [2.05, 4.69) is 214 Å². The zero-order valence-electron chi connectivity index (χ0n) is 33.7. The molecule has 7 aromatic carbocycles. The van der Waals surface area contributed by atoms with E-state index in [0.717, 1.165) is 28.3 Å². The zero-order chi connectivity index (χ0) is 40.3. The Bertz CT molecular complexity index is 3310. The Hall–Kier alpha value is -7.42. The van der Waals surface area contributed by atoms with Gasteiger partial charge in [-0.25, -0.2) is 0 Å². The fourth-order valence-corrected chi connectivity index (χ4v) is 11.8. The maximum absolute atomic E-state index is 6.70. The van der Waals surface area contributed by atoms with Crippen molar-refractivity contribution in [3.05, 3.63) is 257 Å². The van der Waals surface area contributed by atoms with E-state index < -0.39 is 10.8 Å². The summed E-state index contributed by atoms with van der Waals surface area (Å²) < 4.78 is 9.28. The minimum absolute atomic E-state index is 0.522. The molecule has 0 saturated carbocycles. The molecule has 2 spiro atoms. The van der Waals surface area contributed by atoms with Crippen molar-refractivity contribution in [2.45, 2.75) is 24.7 Å². The number of allylic oxidation sites excluding steroid dienone is 10. The minimum atomic E-state index is -0.577. The molecule has 8 aromatic rings. The van der Waals surface area contributed by atoms with Gasteiger partial charge in [-0.2, -0.15) is 0 Å². The maximum atomic E-state index is 6.70. The minimum Gasteiger partial charge on any atom is -0.457 e. The van der Waals surface area contributed by atoms with Gasteiger partial charge in [-0.05, 0) is 93.8 Å². The second-order valence-corrected chi connectivity index (χ2v) is 16.3. The number of rotatable bonds is 5. The Morgan fingerprint density at radius 3 is 1.87 bits per heavy atom. The number of ether oxygens (including phenoxy) is 1. The van der Waals surface area contributed by atoms with Crippen molar-refractivity contribution in [1.82, 2.24) is 4.57 Å². The Morgan fingerprint density at radius 2 is 1.15 bits per heavy atom. The van der Waals surface area contributed by atoms with Gasteiger partial charge in [0.25, 0.3) is 0 Å². The first-order valence-electron chi connectivity index (χ1n) is 20.9. The van der Waals surface area contributed by atoms with E-state index in [1.54, 1.807) is 0 Å². The summed E-state index contributed by atoms with van der Waals surface area (Å²) in [7, 11) is 0. The van der Waals surface area contributed by atoms with Crippen LogP contribution in [0, 0.1) is 0 Å². The third-order valence-corrected chi connectivity index (χ3v) is 13.8. The molecule has 2 heterocycles. The highest BCUT2D eigenvalue weighted by atomic mass is 16.5. The van der Waals surface area contributed by atoms with Gasteiger partial charge < -0.3 is 9.30 Å². The van der Waals surface area contributed by atoms with Gasteiger partial charge in [0.2, 0.25) is 0 Å². The van der Waals surface area contributed by atoms with Crippen LogP contribution in [0.25, 0.3) is 49.8 Å². The number of hydrogen-bond donors (Lipinski definition) is 0. The van der Waals surface area contributed by atoms with Gasteiger partial charge in [0.05, 0.1) is 27.6 Å². The Labute approximate surface area is 350 Å². The quantitative estimate of drug-likeness (QED) is 0.159. The molecule has 0 bridgehead atoms. The van der Waals surface area contributed by atoms with Crippen molar-refractivity contribution >= 4 is 33.0 Å². The molecule has 1 aromatic heterocycles. The zero-order valence-corrected chi connectivity index (χ0v) is 33.7. The third-order valence-electron chi connectivity index (χ3n) is 13.8. The smallest absolute Gasteiger partial charge is 0.132 e. The van der Waals surface area contributed by atoms with E-state index in [9.17, 15) is 0 Å². The molecule has 0 fully saturated rings. The van der Waals surface area contributed by atoms with Gasteiger partial charge in [-0.15, -0.1) is 0 Å². The predicted octanol–water partition coefficient (Wildman–Crippen LogP) is 14.6. The maximum Gasteiger partial charge on any atom is 0.132 e. The summed E-state index contributed by atoms with van der Waals surface area (Å²) >= 11 is 0. The van der Waals surface area contributed by atoms with Crippen molar-refractivity contribution in [1.29, 1.82) is 0 Å². The van der Waals surface area contributed by atoms with Crippen LogP contribution < -0.4 is 4.74 Å². The largest absolute Gasteiger partial charge is 0.457 e. The van der Waals surface area contributed by atoms with Crippen LogP contribution in [0.2, 0.25) is 0 Å². The van der Waals surface area contributed by atoms with Crippen LogP contribution in [-0.2, 0) is 10.8 Å². The molecule has 2 nitrogen and oxygen atoms in total. The molecule has 0 saturated heterocycles. The summed E-state index contributed by atoms with van der Waals surface area (Å²) in [6.07, 6.45) is 12.8. The normalized spacial score (nSPS) is 17.7. The summed E-state index contributed by atoms with van der Waals surface area (Å²) in [6.45, 7) is 13.0. The van der Waals surface area contributed by atoms with Crippen molar-refractivity contribution in [2.24, 2.45) is 0 Å². The Morgan fingerprint density at radius 1 is 0.533 bits per heavy atom. The van der Waals surface area contributed by atoms with E-state index in [-0.39, 0.29) is 0 Å². The fraction of sp³-hybridized carbons (Fsp3) is 0.0690. The van der Waals surface area contributed by atoms with Crippen molar-refractivity contribution in [3.8, 4) is 28.3 Å². The van der Waals surface area contributed by atoms with Crippen LogP contribution >= 0.6 is 0 Å². The summed E-state index contributed by atoms with van der Waals surface area (Å²) in [4.78, 5) is 0. The number of hydrogen-bond acceptors (Lipinski definition) is 1. The molecular weight excluding hydrogens is 727 g/mol. The molecule has 1 atom stereocenters. The Balaban J connectivity index is 1.25. The van der Waals surface area contributed by atoms with Crippen LogP contribution in [0.1, 0.15) is 58.4 Å². The monoisotopic (exact) mass is 767 g/mol. The van der Waals surface area contributed by atoms with Gasteiger partial charge in [0, 0.05) is 33.0 Å². The average molecular weight is 768 g/mol. The molecule has 1 aliphatic heterocycles. The van der Waals surface area contributed by atoms with Crippen molar-refractivity contribution in [2.75, 3.05) is 0 Å². The van der Waals surface area contributed by atoms with E-state index >= 15 is 0 Å². The van der Waals surface area contributed by atoms with E-state index in [1.165, 1.54) is 88.6 Å². The molecule has 2 heteroatoms. The number of fused-ring (bicyclic) bond motifs is 17. The first-order valence-corrected chi connectivity index (χ1v) is 20.9. The van der Waals surface area contributed by atoms with Gasteiger partial charge in [0.15, 0.2) is 0 Å². The molecule has 0 radical (unpaired) electrons. The lowest BCUT2D eigenvalue weighted by atomic mass is 9.66. The number of para-hydroxylation sites is 3. The SMILES string of the molecule is C=C/C=C\C1=C(C)C2(C(C=C)=C(/C=C\C)c3c(-n4c5ccccc5c5ccc6c(c54)-c4ccccc4C64c5ccccc5Oc5ccccc54)cccc32)c2ccccc21. The number of nitrogens with zero attached hydrogens (tertiary/aromatic N) is 1. The summed E-state index contributed by atoms with van der Waals surface area (Å²) in [6, 6.07) is 55.9. The summed E-state index contributed by atoms with van der Waals surface area (Å²) in [5, 5.41) is 2.46. The van der Waals surface area contributed by atoms with Crippen LogP contribution in [-0.4, -0.2) is 4.57 Å². The molecule has 284 valence electrons. The van der Waals surface area contributed by atoms with E-state index in [1.807, 2.05) is 6.08 Å². The highest BCUT2D eigenvalue weighted by molar-refractivity contribution is 6.17. The number of aromatic nitrogens is 1. The van der Waals surface area contributed by atoms with E-state index in [0.29, 0.717) is 0 Å². The predicted molar refractivity (Wildman–Crippen MR) is 249 cm³/mol. The number of benzene rings is 7. The second-order valence-electron chi connectivity index (χ2n) is 16.3. The van der Waals surface area contributed by atoms with E-state index in [4.69, 9.17) is 4.74 Å². The lowest BCUT2D eigenvalue weighted by molar-refractivity contribution is 0.436. The van der Waals surface area contributed by atoms with Gasteiger partial charge in [-0.3, -0.25) is 0 Å². The van der Waals surface area contributed by atoms with Gasteiger partial charge >= 0.3 is 0 Å². The molecule has 60 heavy (non-hydrogen) atoms. The molecule has 12 rings (SSSR count). The first kappa shape index (κ1) is 34.6. The summed E-state index contributed by atoms with van der Waals surface area (Å²) in [5.74, 6) is 1.79. The lowest BCUT2D eigenvalue weighted by Crippen LogP contribution is -2.32. The molecule has 1 unspecified atom stereocenters. The van der Waals surface area contributed by atoms with Gasteiger partial charge in [-0.1, -0.05) is 177 Å². The third kappa shape index (κ3) is 4.03. The highest BCUT2D eigenvalue weighted by Crippen LogP contribution is 2.65. The lowest BCUT2D eigenvalue weighted by Gasteiger charge is -2.39. The molecule has 4 aliphatic rings. The molecule has 3 aliphatic carbocycles. The van der Waals surface area contributed by atoms with Crippen LogP contribution in [0.15, 0.2) is 212 Å². The standard InChI is InChI=1S/C58H41NO/c1-5-8-21-37-36(4)57(44-25-12-9-22-38(37)44)43(7-3)41(20-6-2)54-48(57)29-19-31-51(54)59-50-30-16-11-23-39(50)40-34-35-49-55(56(40)59)42-24-10-13-26-45(42)58(49)46-27-14-17-32-52(46)60-53-33-18-15-28-47(53)58/h5-35H,1,3H2,2,4H3/b20-6-,21-8-. The summed E-state index contributed by atoms with van der Waals surface area (Å²) in [5.41, 5.74) is 19.8. The van der Waals surface area contributed by atoms with Crippen molar-refractivity contribution in [3.63, 3.8) is 0 Å². The molecule has 0 N–H and O–H groups in total. The van der Waals surface area contributed by atoms with Crippen molar-refractivity contribution < 1.29 is 4.74 Å². The van der Waals surface area contributed by atoms with Crippen LogP contribution in [0.5, 0.6) is 11.5 Å². The topological polar surface area (TPSA) is 14.2 Å². The van der Waals surface area contributed by atoms with Crippen LogP contribution in [0.4, 0.5) is 0 Å². The Kier molecular flexibility index (Phi) is 7.23. The molecular formula is C58H41NO. The van der Waals surface area contributed by atoms with Gasteiger partial charge in [0.1, 0.15) is 11.5 Å². The second kappa shape index (κ2) is 12.5. The highest BCUT2D eigenvalue weighted by Gasteiger charge is 2.54.